The number of halogens is 1. The standard InChI is InChI=1S/C39H44ClN3O6S/c1-25-26(6-3-8-36(25)50(46,47)38-41-18-5-19-42-38)10-15-34(44)31-13-9-29(31)22-43-23-39(17-4-7-27-20-30(40)12-14-32(27)39)24-49-35-16-11-28(21-33(35)43)37(45)48-2/h5,10-12,14-16,18-21,25-26,29,31,36H,3-4,6-9,13,17,22-24H2,1-2H3/b15-10+/t25-,26-,29-,31+,36+,39-/m0/s1. The van der Waals surface area contributed by atoms with Gasteiger partial charge in [-0.25, -0.2) is 23.2 Å². The summed E-state index contributed by atoms with van der Waals surface area (Å²) in [4.78, 5) is 36.8. The third-order valence-corrected chi connectivity index (χ3v) is 14.1. The minimum absolute atomic E-state index is 0.0270. The third kappa shape index (κ3) is 6.57. The average molecular weight is 718 g/mol. The van der Waals surface area contributed by atoms with Crippen molar-refractivity contribution in [3.8, 4) is 5.75 Å². The van der Waals surface area contributed by atoms with Crippen molar-refractivity contribution in [1.29, 1.82) is 0 Å². The third-order valence-electron chi connectivity index (χ3n) is 11.7. The summed E-state index contributed by atoms with van der Waals surface area (Å²) in [6.45, 7) is 3.80. The van der Waals surface area contributed by atoms with Gasteiger partial charge in [0.05, 0.1) is 30.2 Å². The van der Waals surface area contributed by atoms with Gasteiger partial charge in [0.15, 0.2) is 5.78 Å². The molecule has 7 rings (SSSR count). The Labute approximate surface area is 299 Å². The first-order chi connectivity index (χ1) is 24.1. The summed E-state index contributed by atoms with van der Waals surface area (Å²) in [6, 6.07) is 13.2. The lowest BCUT2D eigenvalue weighted by atomic mass is 9.68. The maximum absolute atomic E-state index is 13.8. The number of allylic oxidation sites excluding steroid dienone is 2. The molecule has 2 heterocycles. The number of nitrogens with zero attached hydrogens (tertiary/aromatic N) is 3. The van der Waals surface area contributed by atoms with E-state index in [0.717, 1.165) is 61.4 Å². The summed E-state index contributed by atoms with van der Waals surface area (Å²) in [6.07, 6.45) is 13.4. The molecule has 9 nitrogen and oxygen atoms in total. The predicted molar refractivity (Wildman–Crippen MR) is 191 cm³/mol. The van der Waals surface area contributed by atoms with Crippen molar-refractivity contribution >= 4 is 38.9 Å². The fourth-order valence-electron chi connectivity index (χ4n) is 8.78. The highest BCUT2D eigenvalue weighted by molar-refractivity contribution is 7.91. The van der Waals surface area contributed by atoms with E-state index >= 15 is 0 Å². The minimum Gasteiger partial charge on any atom is -0.490 e. The Morgan fingerprint density at radius 3 is 2.66 bits per heavy atom. The number of carbonyl (C=O) groups excluding carboxylic acids is 2. The molecule has 2 saturated carbocycles. The van der Waals surface area contributed by atoms with E-state index < -0.39 is 21.1 Å². The summed E-state index contributed by atoms with van der Waals surface area (Å²) < 4.78 is 38.4. The second-order valence-corrected chi connectivity index (χ2v) is 17.0. The zero-order valence-electron chi connectivity index (χ0n) is 28.6. The van der Waals surface area contributed by atoms with Crippen LogP contribution in [0.4, 0.5) is 5.69 Å². The number of anilines is 1. The molecule has 50 heavy (non-hydrogen) atoms. The fraction of sp³-hybridized carbons (Fsp3) is 0.487. The molecule has 3 aliphatic carbocycles. The number of aryl methyl sites for hydroxylation is 1. The number of ether oxygens (including phenoxy) is 2. The van der Waals surface area contributed by atoms with Gasteiger partial charge in [0.25, 0.3) is 0 Å². The van der Waals surface area contributed by atoms with Crippen LogP contribution >= 0.6 is 11.6 Å². The van der Waals surface area contributed by atoms with E-state index in [-0.39, 0.29) is 40.0 Å². The van der Waals surface area contributed by atoms with Crippen molar-refractivity contribution in [2.24, 2.45) is 23.7 Å². The first kappa shape index (κ1) is 34.7. The summed E-state index contributed by atoms with van der Waals surface area (Å²) >= 11 is 6.42. The highest BCUT2D eigenvalue weighted by Gasteiger charge is 2.45. The fourth-order valence-corrected chi connectivity index (χ4v) is 10.9. The zero-order valence-corrected chi connectivity index (χ0v) is 30.2. The Bertz CT molecular complexity index is 1900. The maximum Gasteiger partial charge on any atom is 0.337 e. The number of hydrogen-bond acceptors (Lipinski definition) is 9. The molecule has 1 spiro atoms. The van der Waals surface area contributed by atoms with Gasteiger partial charge in [0.1, 0.15) is 5.75 Å². The molecular formula is C39H44ClN3O6S. The predicted octanol–water partition coefficient (Wildman–Crippen LogP) is 6.82. The van der Waals surface area contributed by atoms with E-state index in [4.69, 9.17) is 21.1 Å². The van der Waals surface area contributed by atoms with Crippen LogP contribution in [0.25, 0.3) is 0 Å². The number of sulfone groups is 1. The van der Waals surface area contributed by atoms with Gasteiger partial charge in [-0.15, -0.1) is 0 Å². The van der Waals surface area contributed by atoms with Crippen LogP contribution in [0.3, 0.4) is 0 Å². The Morgan fingerprint density at radius 1 is 1.08 bits per heavy atom. The number of carbonyl (C=O) groups is 2. The number of rotatable bonds is 8. The highest BCUT2D eigenvalue weighted by atomic mass is 35.5. The lowest BCUT2D eigenvalue weighted by molar-refractivity contribution is -0.122. The van der Waals surface area contributed by atoms with E-state index in [1.165, 1.54) is 30.6 Å². The van der Waals surface area contributed by atoms with Crippen LogP contribution in [0.5, 0.6) is 5.75 Å². The second-order valence-electron chi connectivity index (χ2n) is 14.6. The molecule has 0 saturated heterocycles. The van der Waals surface area contributed by atoms with E-state index in [9.17, 15) is 18.0 Å². The van der Waals surface area contributed by atoms with Gasteiger partial charge in [-0.1, -0.05) is 37.1 Å². The summed E-state index contributed by atoms with van der Waals surface area (Å²) in [5.41, 5.74) is 3.52. The number of methoxy groups -OCH3 is 1. The monoisotopic (exact) mass is 717 g/mol. The van der Waals surface area contributed by atoms with Crippen molar-refractivity contribution in [2.45, 2.75) is 74.1 Å². The number of aromatic nitrogens is 2. The lowest BCUT2D eigenvalue weighted by Crippen LogP contribution is -2.49. The van der Waals surface area contributed by atoms with E-state index in [0.29, 0.717) is 31.7 Å². The first-order valence-electron chi connectivity index (χ1n) is 17.7. The van der Waals surface area contributed by atoms with E-state index in [1.54, 1.807) is 18.2 Å². The minimum atomic E-state index is -3.68. The van der Waals surface area contributed by atoms with Gasteiger partial charge in [-0.2, -0.15) is 0 Å². The molecule has 0 unspecified atom stereocenters. The van der Waals surface area contributed by atoms with Crippen molar-refractivity contribution in [2.75, 3.05) is 31.7 Å². The van der Waals surface area contributed by atoms with Gasteiger partial charge in [-0.3, -0.25) is 4.79 Å². The number of hydrogen-bond donors (Lipinski definition) is 0. The Balaban J connectivity index is 1.11. The van der Waals surface area contributed by atoms with E-state index in [1.807, 2.05) is 31.2 Å². The zero-order chi connectivity index (χ0) is 35.0. The maximum atomic E-state index is 13.8. The van der Waals surface area contributed by atoms with Gasteiger partial charge in [0.2, 0.25) is 15.0 Å². The van der Waals surface area contributed by atoms with E-state index in [2.05, 4.69) is 27.0 Å². The first-order valence-corrected chi connectivity index (χ1v) is 19.6. The van der Waals surface area contributed by atoms with Crippen molar-refractivity contribution < 1.29 is 27.5 Å². The summed E-state index contributed by atoms with van der Waals surface area (Å²) in [7, 11) is -2.30. The lowest BCUT2D eigenvalue weighted by Gasteiger charge is -2.44. The largest absolute Gasteiger partial charge is 0.490 e. The number of esters is 1. The molecule has 264 valence electrons. The number of ketones is 1. The van der Waals surface area contributed by atoms with Crippen molar-refractivity contribution in [3.63, 3.8) is 0 Å². The quantitative estimate of drug-likeness (QED) is 0.141. The molecule has 0 amide bonds. The van der Waals surface area contributed by atoms with Gasteiger partial charge >= 0.3 is 5.97 Å². The van der Waals surface area contributed by atoms with Gasteiger partial charge in [-0.05, 0) is 116 Å². The number of fused-ring (bicyclic) bond motifs is 3. The molecule has 2 fully saturated rings. The van der Waals surface area contributed by atoms with Crippen molar-refractivity contribution in [3.05, 3.63) is 88.7 Å². The van der Waals surface area contributed by atoms with Crippen LogP contribution in [0.15, 0.2) is 72.2 Å². The van der Waals surface area contributed by atoms with Crippen LogP contribution in [0.2, 0.25) is 5.02 Å². The highest BCUT2D eigenvalue weighted by Crippen LogP contribution is 2.46. The molecule has 1 aliphatic heterocycles. The molecule has 11 heteroatoms. The topological polar surface area (TPSA) is 116 Å². The molecule has 0 bridgehead atoms. The van der Waals surface area contributed by atoms with Gasteiger partial charge < -0.3 is 14.4 Å². The summed E-state index contributed by atoms with van der Waals surface area (Å²) in [5, 5.41) is 0.0109. The molecular weight excluding hydrogens is 674 g/mol. The van der Waals surface area contributed by atoms with Crippen LogP contribution in [0, 0.1) is 23.7 Å². The molecule has 6 atom stereocenters. The molecule has 1 aromatic heterocycles. The van der Waals surface area contributed by atoms with Crippen molar-refractivity contribution in [1.82, 2.24) is 9.97 Å². The summed E-state index contributed by atoms with van der Waals surface area (Å²) in [5.74, 6) is 0.196. The molecule has 3 aromatic rings. The van der Waals surface area contributed by atoms with Crippen LogP contribution < -0.4 is 9.64 Å². The second kappa shape index (κ2) is 14.1. The molecule has 0 N–H and O–H groups in total. The Morgan fingerprint density at radius 2 is 1.90 bits per heavy atom. The molecule has 0 radical (unpaired) electrons. The normalized spacial score (nSPS) is 27.8. The van der Waals surface area contributed by atoms with Gasteiger partial charge in [0, 0.05) is 41.8 Å². The van der Waals surface area contributed by atoms with Crippen LogP contribution in [-0.2, 0) is 31.2 Å². The average Bonchev–Trinajstić information content (AvgIpc) is 3.26. The Hall–Kier alpha value is -3.76. The van der Waals surface area contributed by atoms with Crippen LogP contribution in [-0.4, -0.2) is 62.2 Å². The van der Waals surface area contributed by atoms with Crippen LogP contribution in [0.1, 0.15) is 73.4 Å². The molecule has 2 aromatic carbocycles. The SMILES string of the molecule is COC(=O)c1ccc2c(c1)N(C[C@@H]1CC[C@H]1C(=O)/C=C/[C@@H]1CCC[C@@H](S(=O)(=O)c3ncccn3)[C@H]1C)C[C@@]1(CCCc3cc(Cl)ccc31)CO2. The Kier molecular flexibility index (Phi) is 9.78. The molecule has 4 aliphatic rings. The smallest absolute Gasteiger partial charge is 0.337 e. The number of benzene rings is 2.